The Morgan fingerprint density at radius 3 is 2.28 bits per heavy atom. The molecule has 1 saturated heterocycles. The Kier molecular flexibility index (Phi) is 12.5. The van der Waals surface area contributed by atoms with E-state index in [9.17, 15) is 22.0 Å². The minimum Gasteiger partial charge on any atom is -0.491 e. The molecule has 0 aliphatic carbocycles. The van der Waals surface area contributed by atoms with Crippen LogP contribution in [0.1, 0.15) is 64.2 Å². The van der Waals surface area contributed by atoms with E-state index in [1.54, 1.807) is 25.1 Å². The third kappa shape index (κ3) is 12.2. The Labute approximate surface area is 316 Å². The number of nitrogens with one attached hydrogen (secondary N) is 1. The molecule has 0 amide bonds. The van der Waals surface area contributed by atoms with E-state index in [4.69, 9.17) is 23.7 Å². The largest absolute Gasteiger partial charge is 0.491 e. The molecule has 13 heteroatoms. The van der Waals surface area contributed by atoms with E-state index in [0.29, 0.717) is 47.2 Å². The number of sulfonamides is 1. The maximum absolute atomic E-state index is 14.8. The number of anilines is 2. The molecule has 290 valence electrons. The van der Waals surface area contributed by atoms with Crippen LogP contribution < -0.4 is 19.1 Å². The first kappa shape index (κ1) is 40.5. The van der Waals surface area contributed by atoms with Gasteiger partial charge in [-0.1, -0.05) is 30.3 Å². The summed E-state index contributed by atoms with van der Waals surface area (Å²) in [5.74, 6) is -0.879. The van der Waals surface area contributed by atoms with Gasteiger partial charge in [0.15, 0.2) is 5.79 Å². The van der Waals surface area contributed by atoms with Crippen LogP contribution >= 0.6 is 0 Å². The van der Waals surface area contributed by atoms with Crippen LogP contribution in [0.25, 0.3) is 0 Å². The molecule has 0 aromatic heterocycles. The summed E-state index contributed by atoms with van der Waals surface area (Å²) in [6, 6.07) is 23.3. The predicted molar refractivity (Wildman–Crippen MR) is 203 cm³/mol. The molecule has 5 rings (SSSR count). The quantitative estimate of drug-likeness (QED) is 0.126. The number of nitrogens with zero attached hydrogens (tertiary/aromatic N) is 1. The summed E-state index contributed by atoms with van der Waals surface area (Å²) in [5.41, 5.74) is 2.30. The molecule has 0 spiro atoms. The second-order valence-electron chi connectivity index (χ2n) is 14.9. The van der Waals surface area contributed by atoms with Crippen molar-refractivity contribution >= 4 is 27.4 Å². The van der Waals surface area contributed by atoms with Gasteiger partial charge in [0.05, 0.1) is 30.6 Å². The SMILES string of the molecule is Cc1c(NS(C)(=O)=O)cccc1N(Cc1ccc(Oc2cccc(OC[C@@H]3C[C@@H](CC(=O)OC(C)(C)C)OC(C)(C)O3)c2)cc1)Cc1ccc(F)cc1F. The first-order chi connectivity index (χ1) is 25.3. The number of ether oxygens (including phenoxy) is 5. The zero-order chi connectivity index (χ0) is 39.3. The molecule has 4 aromatic rings. The van der Waals surface area contributed by atoms with Gasteiger partial charge in [-0.2, -0.15) is 0 Å². The molecular formula is C41H48F2N2O8S. The van der Waals surface area contributed by atoms with E-state index in [2.05, 4.69) is 4.72 Å². The molecule has 4 aromatic carbocycles. The highest BCUT2D eigenvalue weighted by Crippen LogP contribution is 2.33. The Morgan fingerprint density at radius 2 is 1.59 bits per heavy atom. The molecular weight excluding hydrogens is 719 g/mol. The first-order valence-corrected chi connectivity index (χ1v) is 19.5. The van der Waals surface area contributed by atoms with Crippen molar-refractivity contribution in [3.05, 3.63) is 113 Å². The van der Waals surface area contributed by atoms with Crippen LogP contribution in [0.2, 0.25) is 0 Å². The number of carbonyl (C=O) groups is 1. The van der Waals surface area contributed by atoms with Crippen LogP contribution in [0.3, 0.4) is 0 Å². The van der Waals surface area contributed by atoms with Gasteiger partial charge < -0.3 is 28.6 Å². The van der Waals surface area contributed by atoms with Crippen LogP contribution in [-0.2, 0) is 42.1 Å². The summed E-state index contributed by atoms with van der Waals surface area (Å²) in [4.78, 5) is 14.4. The molecule has 54 heavy (non-hydrogen) atoms. The van der Waals surface area contributed by atoms with E-state index >= 15 is 0 Å². The summed E-state index contributed by atoms with van der Waals surface area (Å²) in [7, 11) is -3.54. The van der Waals surface area contributed by atoms with Crippen LogP contribution in [0.15, 0.2) is 84.9 Å². The third-order valence-corrected chi connectivity index (χ3v) is 8.92. The third-order valence-electron chi connectivity index (χ3n) is 8.33. The van der Waals surface area contributed by atoms with Gasteiger partial charge in [-0.05, 0) is 95.1 Å². The zero-order valence-corrected chi connectivity index (χ0v) is 32.5. The summed E-state index contributed by atoms with van der Waals surface area (Å²) >= 11 is 0. The highest BCUT2D eigenvalue weighted by atomic mass is 32.2. The van der Waals surface area contributed by atoms with E-state index in [1.807, 2.05) is 88.0 Å². The minimum atomic E-state index is -3.54. The lowest BCUT2D eigenvalue weighted by molar-refractivity contribution is -0.303. The molecule has 0 radical (unpaired) electrons. The fourth-order valence-electron chi connectivity index (χ4n) is 6.21. The Balaban J connectivity index is 1.25. The maximum Gasteiger partial charge on any atom is 0.308 e. The maximum atomic E-state index is 14.8. The molecule has 1 heterocycles. The number of esters is 1. The van der Waals surface area contributed by atoms with Crippen LogP contribution in [0.4, 0.5) is 20.2 Å². The average Bonchev–Trinajstić information content (AvgIpc) is 3.04. The Hall–Kier alpha value is -4.72. The second-order valence-corrected chi connectivity index (χ2v) is 16.6. The molecule has 1 fully saturated rings. The van der Waals surface area contributed by atoms with Crippen LogP contribution in [0.5, 0.6) is 17.2 Å². The average molecular weight is 767 g/mol. The highest BCUT2D eigenvalue weighted by molar-refractivity contribution is 7.92. The lowest BCUT2D eigenvalue weighted by Crippen LogP contribution is -2.47. The smallest absolute Gasteiger partial charge is 0.308 e. The van der Waals surface area contributed by atoms with Gasteiger partial charge in [-0.25, -0.2) is 17.2 Å². The lowest BCUT2D eigenvalue weighted by Gasteiger charge is -2.40. The van der Waals surface area contributed by atoms with Crippen LogP contribution in [-0.4, -0.2) is 50.8 Å². The molecule has 0 bridgehead atoms. The standard InChI is InChI=1S/C41H48F2N2O8S/c1-27-37(44-54(7,47)48)12-9-13-38(27)45(25-29-16-17-30(42)20-36(29)43)24-28-14-18-31(19-15-28)50-33-11-8-10-32(21-33)49-26-35-22-34(51-41(5,6)52-35)23-39(46)53-40(2,3)4/h8-21,34-35,44H,22-26H2,1-7H3/t34-,35-/m0/s1. The topological polar surface area (TPSA) is 113 Å². The lowest BCUT2D eigenvalue weighted by atomic mass is 10.1. The van der Waals surface area contributed by atoms with Gasteiger partial charge in [0.25, 0.3) is 0 Å². The van der Waals surface area contributed by atoms with Gasteiger partial charge in [0, 0.05) is 42.9 Å². The molecule has 0 unspecified atom stereocenters. The van der Waals surface area contributed by atoms with E-state index in [-0.39, 0.29) is 43.3 Å². The summed E-state index contributed by atoms with van der Waals surface area (Å²) in [6.07, 6.45) is 0.955. The van der Waals surface area contributed by atoms with Crippen molar-refractivity contribution in [2.24, 2.45) is 0 Å². The van der Waals surface area contributed by atoms with E-state index in [0.717, 1.165) is 17.9 Å². The van der Waals surface area contributed by atoms with Gasteiger partial charge in [-0.3, -0.25) is 9.52 Å². The molecule has 1 N–H and O–H groups in total. The number of benzene rings is 4. The fraction of sp³-hybridized carbons (Fsp3) is 0.390. The fourth-order valence-corrected chi connectivity index (χ4v) is 6.83. The van der Waals surface area contributed by atoms with Crippen molar-refractivity contribution < 1.29 is 45.7 Å². The van der Waals surface area contributed by atoms with Crippen molar-refractivity contribution in [3.63, 3.8) is 0 Å². The van der Waals surface area contributed by atoms with Crippen molar-refractivity contribution in [2.75, 3.05) is 22.5 Å². The van der Waals surface area contributed by atoms with E-state index < -0.39 is 33.0 Å². The first-order valence-electron chi connectivity index (χ1n) is 17.6. The number of halogens is 2. The number of carbonyl (C=O) groups excluding carboxylic acids is 1. The van der Waals surface area contributed by atoms with Crippen molar-refractivity contribution in [2.45, 2.75) is 91.1 Å². The van der Waals surface area contributed by atoms with Crippen LogP contribution in [0, 0.1) is 18.6 Å². The van der Waals surface area contributed by atoms with Gasteiger partial charge in [0.2, 0.25) is 10.0 Å². The predicted octanol–water partition coefficient (Wildman–Crippen LogP) is 8.66. The van der Waals surface area contributed by atoms with E-state index in [1.165, 1.54) is 12.1 Å². The van der Waals surface area contributed by atoms with Crippen molar-refractivity contribution in [1.29, 1.82) is 0 Å². The summed E-state index contributed by atoms with van der Waals surface area (Å²) in [5, 5.41) is 0. The zero-order valence-electron chi connectivity index (χ0n) is 31.7. The Bertz CT molecular complexity index is 2030. The molecule has 10 nitrogen and oxygen atoms in total. The normalized spacial score (nSPS) is 17.1. The summed E-state index contributed by atoms with van der Waals surface area (Å²) < 4.78 is 84.9. The molecule has 2 atom stereocenters. The number of hydrogen-bond donors (Lipinski definition) is 1. The molecule has 1 aliphatic heterocycles. The highest BCUT2D eigenvalue weighted by Gasteiger charge is 2.37. The van der Waals surface area contributed by atoms with Gasteiger partial charge >= 0.3 is 5.97 Å². The Morgan fingerprint density at radius 1 is 0.907 bits per heavy atom. The number of rotatable bonds is 14. The molecule has 0 saturated carbocycles. The van der Waals surface area contributed by atoms with Gasteiger partial charge in [0.1, 0.15) is 41.1 Å². The number of hydrogen-bond acceptors (Lipinski definition) is 9. The minimum absolute atomic E-state index is 0.0984. The monoisotopic (exact) mass is 766 g/mol. The van der Waals surface area contributed by atoms with Gasteiger partial charge in [-0.15, -0.1) is 0 Å². The van der Waals surface area contributed by atoms with Crippen molar-refractivity contribution in [3.8, 4) is 17.2 Å². The molecule has 1 aliphatic rings. The second kappa shape index (κ2) is 16.7. The summed E-state index contributed by atoms with van der Waals surface area (Å²) in [6.45, 7) is 11.5. The van der Waals surface area contributed by atoms with Crippen molar-refractivity contribution in [1.82, 2.24) is 0 Å².